The topological polar surface area (TPSA) is 91.3 Å². The van der Waals surface area contributed by atoms with Gasteiger partial charge in [0.05, 0.1) is 34.4 Å². The number of hydrogen-bond donors (Lipinski definition) is 1. The predicted molar refractivity (Wildman–Crippen MR) is 252 cm³/mol. The number of allylic oxidation sites excluding steroid dienone is 12. The monoisotopic (exact) mass is 849 g/mol. The Balaban J connectivity index is 4.14. The van der Waals surface area contributed by atoms with Gasteiger partial charge in [0.1, 0.15) is 19.3 Å². The van der Waals surface area contributed by atoms with Crippen LogP contribution in [0.3, 0.4) is 0 Å². The van der Waals surface area contributed by atoms with Gasteiger partial charge in [0.25, 0.3) is 0 Å². The summed E-state index contributed by atoms with van der Waals surface area (Å²) in [4.78, 5) is 22.9. The van der Waals surface area contributed by atoms with E-state index in [-0.39, 0.29) is 25.8 Å². The molecule has 2 atom stereocenters. The van der Waals surface area contributed by atoms with E-state index < -0.39 is 13.9 Å². The third-order valence-corrected chi connectivity index (χ3v) is 10.8. The van der Waals surface area contributed by atoms with Crippen molar-refractivity contribution >= 4 is 13.8 Å². The lowest BCUT2D eigenvalue weighted by atomic mass is 10.1. The van der Waals surface area contributed by atoms with Crippen molar-refractivity contribution < 1.29 is 37.3 Å². The van der Waals surface area contributed by atoms with Crippen molar-refractivity contribution in [2.45, 2.75) is 187 Å². The van der Waals surface area contributed by atoms with Gasteiger partial charge in [-0.25, -0.2) is 4.57 Å². The van der Waals surface area contributed by atoms with Crippen molar-refractivity contribution in [2.75, 3.05) is 54.1 Å². The number of ether oxygens (including phenoxy) is 2. The summed E-state index contributed by atoms with van der Waals surface area (Å²) in [7, 11) is 1.65. The second kappa shape index (κ2) is 42.6. The number of rotatable bonds is 43. The molecule has 0 heterocycles. The highest BCUT2D eigenvalue weighted by atomic mass is 31.2. The number of phosphoric acid groups is 1. The van der Waals surface area contributed by atoms with Gasteiger partial charge in [-0.1, -0.05) is 183 Å². The number of carbonyl (C=O) groups is 1. The molecule has 0 amide bonds. The Bertz CT molecular complexity index is 1170. The summed E-state index contributed by atoms with van der Waals surface area (Å²) in [6.07, 6.45) is 55.1. The maximum absolute atomic E-state index is 12.7. The highest BCUT2D eigenvalue weighted by molar-refractivity contribution is 7.47. The average molecular weight is 849 g/mol. The van der Waals surface area contributed by atoms with Gasteiger partial charge in [-0.2, -0.15) is 0 Å². The molecule has 0 aliphatic rings. The number of nitrogens with zero attached hydrogens (tertiary/aromatic N) is 1. The number of phosphoric ester groups is 1. The first-order valence-electron chi connectivity index (χ1n) is 23.7. The maximum atomic E-state index is 12.7. The number of carbonyl (C=O) groups excluding carboxylic acids is 1. The number of unbranched alkanes of at least 4 members (excludes halogenated alkanes) is 17. The van der Waals surface area contributed by atoms with E-state index in [4.69, 9.17) is 18.5 Å². The third-order valence-electron chi connectivity index (χ3n) is 9.78. The Labute approximate surface area is 363 Å². The molecular weight excluding hydrogens is 758 g/mol. The maximum Gasteiger partial charge on any atom is 0.472 e. The fourth-order valence-corrected chi connectivity index (χ4v) is 6.89. The Morgan fingerprint density at radius 2 is 0.983 bits per heavy atom. The lowest BCUT2D eigenvalue weighted by Crippen LogP contribution is -2.37. The molecule has 0 spiro atoms. The lowest BCUT2D eigenvalue weighted by Gasteiger charge is -2.24. The summed E-state index contributed by atoms with van der Waals surface area (Å²) < 4.78 is 35.0. The molecule has 2 unspecified atom stereocenters. The normalized spacial score (nSPS) is 14.3. The van der Waals surface area contributed by atoms with Crippen molar-refractivity contribution in [2.24, 2.45) is 0 Å². The van der Waals surface area contributed by atoms with Crippen LogP contribution in [0.1, 0.15) is 181 Å². The molecule has 0 aliphatic heterocycles. The van der Waals surface area contributed by atoms with Gasteiger partial charge < -0.3 is 18.9 Å². The van der Waals surface area contributed by atoms with Gasteiger partial charge in [0, 0.05) is 13.0 Å². The van der Waals surface area contributed by atoms with E-state index in [0.29, 0.717) is 24.1 Å². The van der Waals surface area contributed by atoms with Crippen LogP contribution in [0.4, 0.5) is 0 Å². The van der Waals surface area contributed by atoms with Crippen LogP contribution in [-0.4, -0.2) is 75.6 Å². The summed E-state index contributed by atoms with van der Waals surface area (Å²) in [5.41, 5.74) is 0. The third kappa shape index (κ3) is 46.9. The molecule has 0 aliphatic carbocycles. The second-order valence-electron chi connectivity index (χ2n) is 16.8. The van der Waals surface area contributed by atoms with E-state index in [1.807, 2.05) is 21.1 Å². The van der Waals surface area contributed by atoms with Gasteiger partial charge in [-0.15, -0.1) is 0 Å². The minimum Gasteiger partial charge on any atom is -0.457 e. The Morgan fingerprint density at radius 3 is 1.47 bits per heavy atom. The number of esters is 1. The molecule has 59 heavy (non-hydrogen) atoms. The fraction of sp³-hybridized carbons (Fsp3) is 0.740. The van der Waals surface area contributed by atoms with Crippen LogP contribution in [0, 0.1) is 0 Å². The van der Waals surface area contributed by atoms with Crippen LogP contribution in [0.5, 0.6) is 0 Å². The first kappa shape index (κ1) is 56.9. The second-order valence-corrected chi connectivity index (χ2v) is 18.2. The average Bonchev–Trinajstić information content (AvgIpc) is 3.19. The van der Waals surface area contributed by atoms with Crippen molar-refractivity contribution in [1.29, 1.82) is 0 Å². The van der Waals surface area contributed by atoms with Crippen LogP contribution < -0.4 is 0 Å². The summed E-state index contributed by atoms with van der Waals surface area (Å²) in [6, 6.07) is 0. The standard InChI is InChI=1S/C50H90NO7P/c1-6-8-10-12-14-16-18-19-20-21-22-23-24-25-26-27-28-29-30-31-32-34-36-38-40-42-45-55-47-49(48-57-59(53,54)56-46-44-51(3,4)5)58-50(52)43-41-39-37-35-33-17-15-13-11-9-7-2/h8,10,14,16,19-20,22-23,25-26,28-29,49H,6-7,9,11-13,15,17-18,21,24,27,30-48H2,1-5H3/p+1/b10-8-,16-14-,20-19-,23-22-,26-25-,29-28-. The van der Waals surface area contributed by atoms with E-state index in [9.17, 15) is 14.3 Å². The van der Waals surface area contributed by atoms with E-state index in [1.54, 1.807) is 0 Å². The quantitative estimate of drug-likeness (QED) is 0.0215. The van der Waals surface area contributed by atoms with Gasteiger partial charge in [-0.3, -0.25) is 13.8 Å². The first-order valence-corrected chi connectivity index (χ1v) is 25.2. The minimum absolute atomic E-state index is 0.0839. The largest absolute Gasteiger partial charge is 0.472 e. The van der Waals surface area contributed by atoms with Crippen molar-refractivity contribution in [3.63, 3.8) is 0 Å². The number of hydrogen-bond acceptors (Lipinski definition) is 6. The van der Waals surface area contributed by atoms with Gasteiger partial charge >= 0.3 is 13.8 Å². The predicted octanol–water partition coefficient (Wildman–Crippen LogP) is 14.3. The summed E-state index contributed by atoms with van der Waals surface area (Å²) in [5, 5.41) is 0. The summed E-state index contributed by atoms with van der Waals surface area (Å²) in [6.45, 7) is 5.47. The molecule has 0 bridgehead atoms. The van der Waals surface area contributed by atoms with E-state index in [0.717, 1.165) is 77.0 Å². The zero-order valence-electron chi connectivity index (χ0n) is 38.7. The van der Waals surface area contributed by atoms with Crippen molar-refractivity contribution in [1.82, 2.24) is 0 Å². The molecule has 8 nitrogen and oxygen atoms in total. The van der Waals surface area contributed by atoms with E-state index >= 15 is 0 Å². The van der Waals surface area contributed by atoms with Crippen LogP contribution in [0.2, 0.25) is 0 Å². The molecule has 0 fully saturated rings. The molecular formula is C50H91NO7P+. The van der Waals surface area contributed by atoms with Gasteiger partial charge in [-0.05, 0) is 64.2 Å². The van der Waals surface area contributed by atoms with Crippen molar-refractivity contribution in [3.8, 4) is 0 Å². The van der Waals surface area contributed by atoms with Gasteiger partial charge in [0.15, 0.2) is 0 Å². The molecule has 9 heteroatoms. The molecule has 0 rings (SSSR count). The highest BCUT2D eigenvalue weighted by Crippen LogP contribution is 2.43. The lowest BCUT2D eigenvalue weighted by molar-refractivity contribution is -0.870. The molecule has 1 N–H and O–H groups in total. The highest BCUT2D eigenvalue weighted by Gasteiger charge is 2.26. The molecule has 0 saturated carbocycles. The SMILES string of the molecule is CC/C=C\C/C=C\C/C=C\C/C=C\C/C=C\C/C=C\CCCCCCCCCOCC(COP(=O)(O)OCC[N+](C)(C)C)OC(=O)CCCCCCCCCCCCC. The fourth-order valence-electron chi connectivity index (χ4n) is 6.14. The van der Waals surface area contributed by atoms with Crippen molar-refractivity contribution in [3.05, 3.63) is 72.9 Å². The molecule has 0 saturated heterocycles. The molecule has 342 valence electrons. The van der Waals surface area contributed by atoms with Crippen LogP contribution >= 0.6 is 7.82 Å². The molecule has 0 radical (unpaired) electrons. The first-order chi connectivity index (χ1) is 28.6. The number of likely N-dealkylation sites (N-methyl/N-ethyl adjacent to an activating group) is 1. The molecule has 0 aromatic carbocycles. The minimum atomic E-state index is -4.28. The summed E-state index contributed by atoms with van der Waals surface area (Å²) in [5.74, 6) is -0.322. The Hall–Kier alpha value is -2.06. The number of quaternary nitrogens is 1. The molecule has 0 aromatic heterocycles. The van der Waals surface area contributed by atoms with Gasteiger partial charge in [0.2, 0.25) is 0 Å². The van der Waals surface area contributed by atoms with E-state index in [2.05, 4.69) is 86.8 Å². The van der Waals surface area contributed by atoms with Crippen LogP contribution in [-0.2, 0) is 27.9 Å². The Morgan fingerprint density at radius 1 is 0.542 bits per heavy atom. The summed E-state index contributed by atoms with van der Waals surface area (Å²) >= 11 is 0. The van der Waals surface area contributed by atoms with E-state index in [1.165, 1.54) is 83.5 Å². The zero-order chi connectivity index (χ0) is 43.4. The zero-order valence-corrected chi connectivity index (χ0v) is 39.6. The van der Waals surface area contributed by atoms with Crippen LogP contribution in [0.15, 0.2) is 72.9 Å². The molecule has 0 aromatic rings. The smallest absolute Gasteiger partial charge is 0.457 e. The Kier molecular flexibility index (Phi) is 41.1. The van der Waals surface area contributed by atoms with Crippen LogP contribution in [0.25, 0.3) is 0 Å².